The molecule has 2 aromatic carbocycles. The Kier molecular flexibility index (Phi) is 6.33. The first kappa shape index (κ1) is 25.3. The van der Waals surface area contributed by atoms with E-state index in [-0.39, 0.29) is 47.9 Å². The molecule has 0 amide bonds. The monoisotopic (exact) mass is 516 g/mol. The van der Waals surface area contributed by atoms with Crippen molar-refractivity contribution in [3.63, 3.8) is 0 Å². The molecule has 0 bridgehead atoms. The molecule has 5 rings (SSSR count). The molecular formula is C28H26F2N6O2. The maximum absolute atomic E-state index is 15.3. The first-order valence-corrected chi connectivity index (χ1v) is 12.0. The Hall–Kier alpha value is -4.36. The van der Waals surface area contributed by atoms with E-state index in [1.807, 2.05) is 39.0 Å². The van der Waals surface area contributed by atoms with E-state index in [0.717, 1.165) is 11.6 Å². The Labute approximate surface area is 217 Å². The lowest BCUT2D eigenvalue weighted by Gasteiger charge is -2.26. The molecule has 8 nitrogen and oxygen atoms in total. The number of aromatic nitrogens is 3. The topological polar surface area (TPSA) is 104 Å². The molecule has 2 N–H and O–H groups in total. The number of benzene rings is 2. The summed E-state index contributed by atoms with van der Waals surface area (Å²) in [6.45, 7) is 7.95. The standard InChI is InChI=1S/C28H26F2N6O2/c1-16-14-33-26(38-16)28(3,4)11-10-18-6-5-7-21-19(18)15-37-13-12-35(21)25-23-22(9-8-20(29)24(23)30)36(17(2)31)27(32)34-25/h5-9,14,31-32H,12-13,15H2,1-4H3. The van der Waals surface area contributed by atoms with Crippen LogP contribution in [0, 0.1) is 41.2 Å². The van der Waals surface area contributed by atoms with E-state index in [1.165, 1.54) is 17.6 Å². The molecule has 0 atom stereocenters. The van der Waals surface area contributed by atoms with Crippen molar-refractivity contribution in [1.29, 1.82) is 10.8 Å². The highest BCUT2D eigenvalue weighted by atomic mass is 19.2. The van der Waals surface area contributed by atoms with Crippen LogP contribution < -0.4 is 10.5 Å². The fourth-order valence-corrected chi connectivity index (χ4v) is 4.48. The van der Waals surface area contributed by atoms with Gasteiger partial charge in [0.1, 0.15) is 22.8 Å². The fourth-order valence-electron chi connectivity index (χ4n) is 4.48. The average molecular weight is 517 g/mol. The second kappa shape index (κ2) is 9.50. The maximum atomic E-state index is 15.3. The van der Waals surface area contributed by atoms with Crippen LogP contribution in [-0.4, -0.2) is 33.5 Å². The number of rotatable bonds is 2. The van der Waals surface area contributed by atoms with E-state index in [2.05, 4.69) is 21.8 Å². The number of halogens is 2. The summed E-state index contributed by atoms with van der Waals surface area (Å²) in [5, 5.41) is 16.4. The maximum Gasteiger partial charge on any atom is 0.230 e. The number of hydrogen-bond donors (Lipinski definition) is 2. The summed E-state index contributed by atoms with van der Waals surface area (Å²) in [5.41, 5.74) is 1.39. The van der Waals surface area contributed by atoms with Gasteiger partial charge in [0, 0.05) is 23.4 Å². The average Bonchev–Trinajstić information content (AvgIpc) is 3.20. The van der Waals surface area contributed by atoms with Crippen molar-refractivity contribution in [2.75, 3.05) is 18.1 Å². The molecule has 0 unspecified atom stereocenters. The van der Waals surface area contributed by atoms with E-state index < -0.39 is 17.0 Å². The summed E-state index contributed by atoms with van der Waals surface area (Å²) in [6.07, 6.45) is 1.66. The summed E-state index contributed by atoms with van der Waals surface area (Å²) in [4.78, 5) is 10.4. The van der Waals surface area contributed by atoms with E-state index in [4.69, 9.17) is 20.0 Å². The normalized spacial score (nSPS) is 13.6. The largest absolute Gasteiger partial charge is 0.444 e. The number of oxazole rings is 1. The number of nitrogens with zero attached hydrogens (tertiary/aromatic N) is 4. The lowest BCUT2D eigenvalue weighted by atomic mass is 9.93. The van der Waals surface area contributed by atoms with Crippen molar-refractivity contribution in [2.45, 2.75) is 39.7 Å². The molecule has 194 valence electrons. The van der Waals surface area contributed by atoms with Gasteiger partial charge >= 0.3 is 0 Å². The second-order valence-electron chi connectivity index (χ2n) is 9.59. The second-order valence-corrected chi connectivity index (χ2v) is 9.59. The van der Waals surface area contributed by atoms with Gasteiger partial charge in [0.25, 0.3) is 0 Å². The first-order valence-electron chi connectivity index (χ1n) is 12.0. The highest BCUT2D eigenvalue weighted by Crippen LogP contribution is 2.36. The molecule has 0 aliphatic carbocycles. The summed E-state index contributed by atoms with van der Waals surface area (Å²) in [7, 11) is 0. The van der Waals surface area contributed by atoms with Crippen molar-refractivity contribution < 1.29 is 17.9 Å². The molecule has 1 aliphatic heterocycles. The predicted molar refractivity (Wildman–Crippen MR) is 139 cm³/mol. The molecule has 3 heterocycles. The quantitative estimate of drug-likeness (QED) is 0.223. The van der Waals surface area contributed by atoms with Crippen molar-refractivity contribution in [2.24, 2.45) is 0 Å². The van der Waals surface area contributed by atoms with Crippen molar-refractivity contribution in [3.05, 3.63) is 76.6 Å². The van der Waals surface area contributed by atoms with Gasteiger partial charge in [-0.25, -0.2) is 13.8 Å². The fraction of sp³-hybridized carbons (Fsp3) is 0.286. The number of ether oxygens (including phenoxy) is 1. The van der Waals surface area contributed by atoms with E-state index in [1.54, 1.807) is 11.1 Å². The number of anilines is 2. The third-order valence-corrected chi connectivity index (χ3v) is 6.37. The number of hydrogen-bond acceptors (Lipinski definition) is 7. The van der Waals surface area contributed by atoms with Crippen LogP contribution in [0.1, 0.15) is 43.5 Å². The number of aryl methyl sites for hydroxylation is 1. The minimum Gasteiger partial charge on any atom is -0.444 e. The molecular weight excluding hydrogens is 490 g/mol. The molecule has 38 heavy (non-hydrogen) atoms. The molecule has 2 aromatic heterocycles. The highest BCUT2D eigenvalue weighted by Gasteiger charge is 2.27. The van der Waals surface area contributed by atoms with E-state index >= 15 is 4.39 Å². The van der Waals surface area contributed by atoms with Gasteiger partial charge in [-0.2, -0.15) is 4.98 Å². The van der Waals surface area contributed by atoms with Crippen molar-refractivity contribution in [1.82, 2.24) is 14.5 Å². The van der Waals surface area contributed by atoms with Crippen LogP contribution in [0.2, 0.25) is 0 Å². The molecule has 0 spiro atoms. The van der Waals surface area contributed by atoms with Crippen molar-refractivity contribution >= 4 is 28.2 Å². The van der Waals surface area contributed by atoms with Gasteiger partial charge in [-0.15, -0.1) is 0 Å². The Bertz CT molecular complexity index is 1710. The van der Waals surface area contributed by atoms with Gasteiger partial charge in [0.15, 0.2) is 11.6 Å². The van der Waals surface area contributed by atoms with Gasteiger partial charge in [-0.05, 0) is 52.0 Å². The van der Waals surface area contributed by atoms with Crippen LogP contribution in [0.3, 0.4) is 0 Å². The van der Waals surface area contributed by atoms with E-state index in [9.17, 15) is 4.39 Å². The zero-order valence-electron chi connectivity index (χ0n) is 21.4. The van der Waals surface area contributed by atoms with Gasteiger partial charge in [0.2, 0.25) is 11.5 Å². The summed E-state index contributed by atoms with van der Waals surface area (Å²) in [6, 6.07) is 7.89. The van der Waals surface area contributed by atoms with Gasteiger partial charge in [0.05, 0.1) is 30.3 Å². The SMILES string of the molecule is CC(=N)n1c(=N)nc(N2CCOCc3c(C#CC(C)(C)c4ncc(C)o4)cccc32)c2c(F)c(F)ccc21. The number of nitrogens with one attached hydrogen (secondary N) is 2. The molecule has 0 radical (unpaired) electrons. The molecule has 0 fully saturated rings. The molecule has 4 aromatic rings. The summed E-state index contributed by atoms with van der Waals surface area (Å²) in [5.74, 6) is 5.60. The van der Waals surface area contributed by atoms with Crippen LogP contribution >= 0.6 is 0 Å². The lowest BCUT2D eigenvalue weighted by molar-refractivity contribution is 0.133. The van der Waals surface area contributed by atoms with Crippen LogP contribution in [-0.2, 0) is 16.8 Å². The Balaban J connectivity index is 1.69. The van der Waals surface area contributed by atoms with Gasteiger partial charge in [-0.1, -0.05) is 17.9 Å². The Morgan fingerprint density at radius 3 is 2.68 bits per heavy atom. The van der Waals surface area contributed by atoms with Gasteiger partial charge in [-0.3, -0.25) is 15.4 Å². The van der Waals surface area contributed by atoms with Crippen molar-refractivity contribution in [3.8, 4) is 11.8 Å². The van der Waals surface area contributed by atoms with E-state index in [0.29, 0.717) is 22.9 Å². The van der Waals surface area contributed by atoms with Gasteiger partial charge < -0.3 is 14.1 Å². The van der Waals surface area contributed by atoms with Crippen LogP contribution in [0.4, 0.5) is 20.3 Å². The first-order chi connectivity index (χ1) is 18.1. The molecule has 10 heteroatoms. The summed E-state index contributed by atoms with van der Waals surface area (Å²) >= 11 is 0. The highest BCUT2D eigenvalue weighted by molar-refractivity contribution is 5.98. The smallest absolute Gasteiger partial charge is 0.230 e. The molecule has 1 aliphatic rings. The zero-order valence-corrected chi connectivity index (χ0v) is 21.4. The Morgan fingerprint density at radius 2 is 1.97 bits per heavy atom. The Morgan fingerprint density at radius 1 is 1.18 bits per heavy atom. The summed E-state index contributed by atoms with van der Waals surface area (Å²) < 4.78 is 42.5. The number of fused-ring (bicyclic) bond motifs is 2. The zero-order chi connectivity index (χ0) is 27.2. The predicted octanol–water partition coefficient (Wildman–Crippen LogP) is 4.93. The minimum absolute atomic E-state index is 0.0360. The lowest BCUT2D eigenvalue weighted by Crippen LogP contribution is -2.32. The van der Waals surface area contributed by atoms with Crippen LogP contribution in [0.15, 0.2) is 40.9 Å². The third kappa shape index (κ3) is 4.35. The molecule has 0 saturated carbocycles. The van der Waals surface area contributed by atoms with Crippen LogP contribution in [0.25, 0.3) is 10.9 Å². The molecule has 0 saturated heterocycles. The van der Waals surface area contributed by atoms with Crippen LogP contribution in [0.5, 0.6) is 0 Å². The third-order valence-electron chi connectivity index (χ3n) is 6.37. The minimum atomic E-state index is -1.09.